The first-order chi connectivity index (χ1) is 9.06. The van der Waals surface area contributed by atoms with Gasteiger partial charge in [0.25, 0.3) is 0 Å². The molecule has 1 aliphatic rings. The molecule has 0 aromatic heterocycles. The van der Waals surface area contributed by atoms with Gasteiger partial charge in [0.2, 0.25) is 0 Å². The monoisotopic (exact) mass is 279 g/mol. The summed E-state index contributed by atoms with van der Waals surface area (Å²) < 4.78 is 0. The highest BCUT2D eigenvalue weighted by molar-refractivity contribution is 6.31. The maximum Gasteiger partial charge on any atom is 0.0440 e. The van der Waals surface area contributed by atoms with Crippen LogP contribution in [0.15, 0.2) is 12.1 Å². The number of benzene rings is 1. The molecule has 2 N–H and O–H groups in total. The second-order valence-corrected chi connectivity index (χ2v) is 6.68. The van der Waals surface area contributed by atoms with E-state index in [-0.39, 0.29) is 0 Å². The van der Waals surface area contributed by atoms with Crippen LogP contribution in [0.25, 0.3) is 0 Å². The Morgan fingerprint density at radius 1 is 1.11 bits per heavy atom. The van der Waals surface area contributed by atoms with E-state index in [4.69, 9.17) is 17.3 Å². The second kappa shape index (κ2) is 6.28. The highest BCUT2D eigenvalue weighted by Crippen LogP contribution is 2.44. The molecule has 0 bridgehead atoms. The largest absolute Gasteiger partial charge is 0.330 e. The lowest BCUT2D eigenvalue weighted by atomic mass is 9.77. The van der Waals surface area contributed by atoms with Gasteiger partial charge in [-0.05, 0) is 80.7 Å². The number of halogens is 1. The average molecular weight is 280 g/mol. The number of nitrogens with two attached hydrogens (primary N) is 1. The summed E-state index contributed by atoms with van der Waals surface area (Å²) in [7, 11) is 0. The molecule has 106 valence electrons. The first-order valence-corrected chi connectivity index (χ1v) is 7.90. The normalized spacial score (nSPS) is 17.9. The Balaban J connectivity index is 2.07. The summed E-state index contributed by atoms with van der Waals surface area (Å²) in [6.07, 6.45) is 8.97. The van der Waals surface area contributed by atoms with Crippen molar-refractivity contribution in [2.45, 2.75) is 58.8 Å². The van der Waals surface area contributed by atoms with Gasteiger partial charge in [-0.15, -0.1) is 0 Å². The molecule has 0 unspecified atom stereocenters. The lowest BCUT2D eigenvalue weighted by molar-refractivity contribution is 0.253. The number of aryl methyl sites for hydroxylation is 3. The number of hydrogen-bond acceptors (Lipinski definition) is 1. The molecule has 1 aliphatic carbocycles. The van der Waals surface area contributed by atoms with Gasteiger partial charge in [-0.2, -0.15) is 0 Å². The molecule has 0 spiro atoms. The summed E-state index contributed by atoms with van der Waals surface area (Å²) in [6, 6.07) is 4.37. The van der Waals surface area contributed by atoms with E-state index in [1.165, 1.54) is 55.2 Å². The van der Waals surface area contributed by atoms with Crippen molar-refractivity contribution in [3.05, 3.63) is 33.8 Å². The summed E-state index contributed by atoms with van der Waals surface area (Å²) in [5.41, 5.74) is 10.2. The van der Waals surface area contributed by atoms with E-state index in [1.807, 2.05) is 0 Å². The quantitative estimate of drug-likeness (QED) is 0.823. The molecule has 19 heavy (non-hydrogen) atoms. The summed E-state index contributed by atoms with van der Waals surface area (Å²) in [5.74, 6) is 0. The lowest BCUT2D eigenvalue weighted by Gasteiger charge is -2.29. The SMILES string of the molecule is Cc1cc(Cl)c(CCC2(CCN)CCCC2)cc1C. The summed E-state index contributed by atoms with van der Waals surface area (Å²) in [6.45, 7) is 5.11. The maximum atomic E-state index is 6.38. The molecule has 0 atom stereocenters. The second-order valence-electron chi connectivity index (χ2n) is 6.27. The molecule has 0 aliphatic heterocycles. The molecule has 1 fully saturated rings. The van der Waals surface area contributed by atoms with Crippen LogP contribution in [0.5, 0.6) is 0 Å². The Morgan fingerprint density at radius 3 is 2.37 bits per heavy atom. The van der Waals surface area contributed by atoms with Gasteiger partial charge in [0.15, 0.2) is 0 Å². The van der Waals surface area contributed by atoms with Crippen LogP contribution in [0.2, 0.25) is 5.02 Å². The van der Waals surface area contributed by atoms with Crippen LogP contribution in [-0.2, 0) is 6.42 Å². The Bertz CT molecular complexity index is 433. The molecular formula is C17H26ClN. The summed E-state index contributed by atoms with van der Waals surface area (Å²) in [5, 5.41) is 0.934. The zero-order valence-corrected chi connectivity index (χ0v) is 13.0. The molecule has 0 saturated heterocycles. The average Bonchev–Trinajstić information content (AvgIpc) is 2.82. The fourth-order valence-corrected chi connectivity index (χ4v) is 3.80. The maximum absolute atomic E-state index is 6.38. The van der Waals surface area contributed by atoms with E-state index >= 15 is 0 Å². The molecule has 2 heteroatoms. The number of hydrogen-bond donors (Lipinski definition) is 1. The zero-order chi connectivity index (χ0) is 13.9. The highest BCUT2D eigenvalue weighted by atomic mass is 35.5. The van der Waals surface area contributed by atoms with Crippen molar-refractivity contribution in [1.82, 2.24) is 0 Å². The number of rotatable bonds is 5. The van der Waals surface area contributed by atoms with Crippen molar-refractivity contribution in [3.8, 4) is 0 Å². The smallest absolute Gasteiger partial charge is 0.0440 e. The van der Waals surface area contributed by atoms with Gasteiger partial charge < -0.3 is 5.73 Å². The molecule has 2 rings (SSSR count). The molecule has 0 amide bonds. The molecule has 0 heterocycles. The Kier molecular flexibility index (Phi) is 4.92. The van der Waals surface area contributed by atoms with Crippen molar-refractivity contribution in [2.75, 3.05) is 6.54 Å². The minimum absolute atomic E-state index is 0.497. The lowest BCUT2D eigenvalue weighted by Crippen LogP contribution is -2.21. The minimum Gasteiger partial charge on any atom is -0.330 e. The molecule has 0 radical (unpaired) electrons. The predicted molar refractivity (Wildman–Crippen MR) is 83.8 cm³/mol. The van der Waals surface area contributed by atoms with Crippen LogP contribution in [0.1, 0.15) is 55.2 Å². The first kappa shape index (κ1) is 14.9. The molecule has 1 aromatic rings. The summed E-state index contributed by atoms with van der Waals surface area (Å²) in [4.78, 5) is 0. The van der Waals surface area contributed by atoms with Crippen LogP contribution in [0.3, 0.4) is 0 Å². The molecule has 1 saturated carbocycles. The first-order valence-electron chi connectivity index (χ1n) is 7.52. The van der Waals surface area contributed by atoms with E-state index in [9.17, 15) is 0 Å². The Morgan fingerprint density at radius 2 is 1.74 bits per heavy atom. The van der Waals surface area contributed by atoms with E-state index in [0.29, 0.717) is 5.41 Å². The fourth-order valence-electron chi connectivity index (χ4n) is 3.49. The van der Waals surface area contributed by atoms with Gasteiger partial charge in [-0.1, -0.05) is 30.5 Å². The minimum atomic E-state index is 0.497. The Hall–Kier alpha value is -0.530. The summed E-state index contributed by atoms with van der Waals surface area (Å²) >= 11 is 6.38. The molecule has 1 nitrogen and oxygen atoms in total. The van der Waals surface area contributed by atoms with Gasteiger partial charge in [0.1, 0.15) is 0 Å². The van der Waals surface area contributed by atoms with E-state index in [0.717, 1.165) is 18.0 Å². The topological polar surface area (TPSA) is 26.0 Å². The van der Waals surface area contributed by atoms with Gasteiger partial charge in [0.05, 0.1) is 0 Å². The van der Waals surface area contributed by atoms with Crippen LogP contribution < -0.4 is 5.73 Å². The third-order valence-corrected chi connectivity index (χ3v) is 5.28. The van der Waals surface area contributed by atoms with Crippen molar-refractivity contribution < 1.29 is 0 Å². The van der Waals surface area contributed by atoms with E-state index in [2.05, 4.69) is 26.0 Å². The van der Waals surface area contributed by atoms with Gasteiger partial charge in [-0.3, -0.25) is 0 Å². The third kappa shape index (κ3) is 3.52. The third-order valence-electron chi connectivity index (χ3n) is 4.93. The standard InChI is InChI=1S/C17H26ClN/c1-13-11-15(16(18)12-14(13)2)5-8-17(9-10-19)6-3-4-7-17/h11-12H,3-10,19H2,1-2H3. The van der Waals surface area contributed by atoms with E-state index in [1.54, 1.807) is 0 Å². The fraction of sp³-hybridized carbons (Fsp3) is 0.647. The highest BCUT2D eigenvalue weighted by Gasteiger charge is 2.32. The predicted octanol–water partition coefficient (Wildman–Crippen LogP) is 4.80. The van der Waals surface area contributed by atoms with Crippen molar-refractivity contribution >= 4 is 11.6 Å². The van der Waals surface area contributed by atoms with Gasteiger partial charge in [-0.25, -0.2) is 0 Å². The zero-order valence-electron chi connectivity index (χ0n) is 12.3. The van der Waals surface area contributed by atoms with Crippen LogP contribution in [-0.4, -0.2) is 6.54 Å². The van der Waals surface area contributed by atoms with Gasteiger partial charge in [0, 0.05) is 5.02 Å². The molecular weight excluding hydrogens is 254 g/mol. The van der Waals surface area contributed by atoms with Crippen LogP contribution in [0.4, 0.5) is 0 Å². The van der Waals surface area contributed by atoms with Crippen LogP contribution >= 0.6 is 11.6 Å². The van der Waals surface area contributed by atoms with Crippen LogP contribution in [0, 0.1) is 19.3 Å². The van der Waals surface area contributed by atoms with Gasteiger partial charge >= 0.3 is 0 Å². The van der Waals surface area contributed by atoms with Crippen molar-refractivity contribution in [3.63, 3.8) is 0 Å². The van der Waals surface area contributed by atoms with Crippen molar-refractivity contribution in [1.29, 1.82) is 0 Å². The van der Waals surface area contributed by atoms with E-state index < -0.39 is 0 Å². The molecule has 1 aromatic carbocycles. The van der Waals surface area contributed by atoms with Crippen molar-refractivity contribution in [2.24, 2.45) is 11.1 Å². The Labute approximate surface area is 122 Å².